The summed E-state index contributed by atoms with van der Waals surface area (Å²) in [6.45, 7) is 1.28. The Balaban J connectivity index is 1.65. The largest absolute Gasteiger partial charge is 0.371 e. The number of carbonyl (C=O) groups is 2. The predicted octanol–water partition coefficient (Wildman–Crippen LogP) is 0.619. The lowest BCUT2D eigenvalue weighted by molar-refractivity contribution is -0.134. The van der Waals surface area contributed by atoms with Crippen LogP contribution in [0.2, 0.25) is 0 Å². The average molecular weight is 352 g/mol. The van der Waals surface area contributed by atoms with Gasteiger partial charge in [0, 0.05) is 31.1 Å². The van der Waals surface area contributed by atoms with E-state index in [-0.39, 0.29) is 29.4 Å². The summed E-state index contributed by atoms with van der Waals surface area (Å²) in [7, 11) is -2.26. The fraction of sp³-hybridized carbons (Fsp3) is 0.500. The van der Waals surface area contributed by atoms with Crippen molar-refractivity contribution in [2.24, 2.45) is 5.92 Å². The number of piperidine rings is 1. The molecule has 8 heteroatoms. The second kappa shape index (κ2) is 6.52. The van der Waals surface area contributed by atoms with Crippen molar-refractivity contribution in [1.82, 2.24) is 5.32 Å². The molecule has 130 valence electrons. The highest BCUT2D eigenvalue weighted by Gasteiger charge is 2.32. The Labute approximate surface area is 141 Å². The number of nitrogens with one attached hydrogen (secondary N) is 1. The fourth-order valence-electron chi connectivity index (χ4n) is 3.19. The van der Waals surface area contributed by atoms with E-state index in [4.69, 9.17) is 0 Å². The Hall–Kier alpha value is -1.93. The summed E-state index contributed by atoms with van der Waals surface area (Å²) in [5.41, 5.74) is 1.84. The van der Waals surface area contributed by atoms with Gasteiger partial charge in [-0.3, -0.25) is 19.1 Å². The molecule has 0 aromatic heterocycles. The Morgan fingerprint density at radius 1 is 1.29 bits per heavy atom. The molecule has 3 rings (SSSR count). The molecule has 0 bridgehead atoms. The van der Waals surface area contributed by atoms with E-state index < -0.39 is 10.1 Å². The van der Waals surface area contributed by atoms with Crippen molar-refractivity contribution in [2.75, 3.05) is 30.9 Å². The summed E-state index contributed by atoms with van der Waals surface area (Å²) >= 11 is 0. The summed E-state index contributed by atoms with van der Waals surface area (Å²) in [6.07, 6.45) is 0.865. The summed E-state index contributed by atoms with van der Waals surface area (Å²) in [6, 6.07) is 7.65. The van der Waals surface area contributed by atoms with Crippen molar-refractivity contribution in [1.29, 1.82) is 0 Å². The van der Waals surface area contributed by atoms with Gasteiger partial charge in [-0.25, -0.2) is 0 Å². The molecular weight excluding hydrogens is 332 g/mol. The first-order valence-corrected chi connectivity index (χ1v) is 9.42. The van der Waals surface area contributed by atoms with E-state index in [1.165, 1.54) is 7.11 Å². The molecule has 2 amide bonds. The van der Waals surface area contributed by atoms with Crippen LogP contribution in [0.3, 0.4) is 0 Å². The first kappa shape index (κ1) is 16.9. The second-order valence-corrected chi connectivity index (χ2v) is 8.04. The molecule has 7 nitrogen and oxygen atoms in total. The lowest BCUT2D eigenvalue weighted by atomic mass is 9.90. The molecule has 1 aromatic rings. The van der Waals surface area contributed by atoms with Gasteiger partial charge in [0.15, 0.2) is 0 Å². The van der Waals surface area contributed by atoms with Crippen LogP contribution in [-0.4, -0.2) is 46.2 Å². The van der Waals surface area contributed by atoms with Crippen LogP contribution in [-0.2, 0) is 23.9 Å². The number of imide groups is 1. The minimum atomic E-state index is -3.43. The van der Waals surface area contributed by atoms with E-state index in [0.717, 1.165) is 11.3 Å². The van der Waals surface area contributed by atoms with Crippen molar-refractivity contribution in [2.45, 2.75) is 18.8 Å². The predicted molar refractivity (Wildman–Crippen MR) is 88.1 cm³/mol. The van der Waals surface area contributed by atoms with Gasteiger partial charge in [0.25, 0.3) is 10.1 Å². The molecule has 0 saturated carbocycles. The first-order valence-electron chi connectivity index (χ1n) is 7.85. The SMILES string of the molecule is COS(=O)(=O)CC1CN(c2cccc(C3CCC(=O)NC3=O)c2)C1. The van der Waals surface area contributed by atoms with E-state index in [0.29, 0.717) is 25.9 Å². The van der Waals surface area contributed by atoms with Crippen LogP contribution < -0.4 is 10.2 Å². The zero-order chi connectivity index (χ0) is 17.3. The number of carbonyl (C=O) groups excluding carboxylic acids is 2. The summed E-state index contributed by atoms with van der Waals surface area (Å²) in [5.74, 6) is -0.719. The number of hydrogen-bond donors (Lipinski definition) is 1. The van der Waals surface area contributed by atoms with Gasteiger partial charge in [-0.1, -0.05) is 12.1 Å². The van der Waals surface area contributed by atoms with Gasteiger partial charge in [-0.2, -0.15) is 8.42 Å². The topological polar surface area (TPSA) is 92.8 Å². The van der Waals surface area contributed by atoms with Gasteiger partial charge in [0.05, 0.1) is 18.8 Å². The molecule has 2 aliphatic rings. The molecule has 2 aliphatic heterocycles. The second-order valence-electron chi connectivity index (χ2n) is 6.26. The van der Waals surface area contributed by atoms with Crippen LogP contribution in [0.4, 0.5) is 5.69 Å². The van der Waals surface area contributed by atoms with Gasteiger partial charge in [-0.05, 0) is 24.1 Å². The van der Waals surface area contributed by atoms with E-state index in [1.54, 1.807) is 0 Å². The molecule has 0 aliphatic carbocycles. The van der Waals surface area contributed by atoms with Crippen molar-refractivity contribution in [3.8, 4) is 0 Å². The van der Waals surface area contributed by atoms with Gasteiger partial charge < -0.3 is 4.90 Å². The molecule has 2 heterocycles. The zero-order valence-corrected chi connectivity index (χ0v) is 14.2. The standard InChI is InChI=1S/C16H20N2O5S/c1-23-24(21,22)10-11-8-18(9-11)13-4-2-3-12(7-13)14-5-6-15(19)17-16(14)20/h2-4,7,11,14H,5-6,8-10H2,1H3,(H,17,19,20). The molecule has 1 atom stereocenters. The minimum Gasteiger partial charge on any atom is -0.371 e. The fourth-order valence-corrected chi connectivity index (χ4v) is 4.12. The van der Waals surface area contributed by atoms with E-state index >= 15 is 0 Å². The molecule has 0 radical (unpaired) electrons. The third-order valence-electron chi connectivity index (χ3n) is 4.53. The average Bonchev–Trinajstić information content (AvgIpc) is 2.50. The highest BCUT2D eigenvalue weighted by molar-refractivity contribution is 7.86. The van der Waals surface area contributed by atoms with Crippen LogP contribution in [0.1, 0.15) is 24.3 Å². The van der Waals surface area contributed by atoms with E-state index in [9.17, 15) is 18.0 Å². The Kier molecular flexibility index (Phi) is 4.60. The van der Waals surface area contributed by atoms with Crippen molar-refractivity contribution in [3.63, 3.8) is 0 Å². The smallest absolute Gasteiger partial charge is 0.267 e. The lowest BCUT2D eigenvalue weighted by Gasteiger charge is -2.41. The normalized spacial score (nSPS) is 22.2. The summed E-state index contributed by atoms with van der Waals surface area (Å²) < 4.78 is 27.4. The Morgan fingerprint density at radius 3 is 2.71 bits per heavy atom. The molecule has 24 heavy (non-hydrogen) atoms. The number of nitrogens with zero attached hydrogens (tertiary/aromatic N) is 1. The maximum absolute atomic E-state index is 12.0. The number of benzene rings is 1. The summed E-state index contributed by atoms with van der Waals surface area (Å²) in [5, 5.41) is 2.37. The maximum atomic E-state index is 12.0. The first-order chi connectivity index (χ1) is 11.4. The van der Waals surface area contributed by atoms with Crippen LogP contribution in [0.25, 0.3) is 0 Å². The third-order valence-corrected chi connectivity index (χ3v) is 5.92. The molecular formula is C16H20N2O5S. The van der Waals surface area contributed by atoms with Crippen molar-refractivity contribution >= 4 is 27.6 Å². The van der Waals surface area contributed by atoms with Gasteiger partial charge in [0.2, 0.25) is 11.8 Å². The number of hydrogen-bond acceptors (Lipinski definition) is 6. The number of rotatable bonds is 5. The van der Waals surface area contributed by atoms with Gasteiger partial charge in [0.1, 0.15) is 0 Å². The van der Waals surface area contributed by atoms with Crippen LogP contribution in [0, 0.1) is 5.92 Å². The van der Waals surface area contributed by atoms with E-state index in [2.05, 4.69) is 14.4 Å². The van der Waals surface area contributed by atoms with Crippen LogP contribution >= 0.6 is 0 Å². The lowest BCUT2D eigenvalue weighted by Crippen LogP contribution is -2.49. The van der Waals surface area contributed by atoms with Crippen LogP contribution in [0.15, 0.2) is 24.3 Å². The Morgan fingerprint density at radius 2 is 2.04 bits per heavy atom. The molecule has 1 unspecified atom stereocenters. The van der Waals surface area contributed by atoms with Crippen LogP contribution in [0.5, 0.6) is 0 Å². The minimum absolute atomic E-state index is 0.0207. The molecule has 1 N–H and O–H groups in total. The quantitative estimate of drug-likeness (QED) is 0.617. The van der Waals surface area contributed by atoms with Gasteiger partial charge >= 0.3 is 0 Å². The van der Waals surface area contributed by atoms with Crippen molar-refractivity contribution in [3.05, 3.63) is 29.8 Å². The molecule has 2 fully saturated rings. The number of amides is 2. The highest BCUT2D eigenvalue weighted by Crippen LogP contribution is 2.31. The van der Waals surface area contributed by atoms with Crippen molar-refractivity contribution < 1.29 is 22.2 Å². The van der Waals surface area contributed by atoms with E-state index in [1.807, 2.05) is 24.3 Å². The number of anilines is 1. The summed E-state index contributed by atoms with van der Waals surface area (Å²) in [4.78, 5) is 25.3. The molecule has 0 spiro atoms. The molecule has 1 aromatic carbocycles. The zero-order valence-electron chi connectivity index (χ0n) is 13.4. The van der Waals surface area contributed by atoms with Gasteiger partial charge in [-0.15, -0.1) is 0 Å². The molecule has 2 saturated heterocycles. The monoisotopic (exact) mass is 352 g/mol. The third kappa shape index (κ3) is 3.59. The maximum Gasteiger partial charge on any atom is 0.267 e. The Bertz CT molecular complexity index is 755. The highest BCUT2D eigenvalue weighted by atomic mass is 32.2.